The molecule has 0 saturated heterocycles. The molecule has 0 spiro atoms. The zero-order valence-electron chi connectivity index (χ0n) is 13.4. The van der Waals surface area contributed by atoms with Gasteiger partial charge in [0.15, 0.2) is 0 Å². The van der Waals surface area contributed by atoms with E-state index in [-0.39, 0.29) is 16.3 Å². The molecular weight excluding hydrogens is 406 g/mol. The fraction of sp³-hybridized carbons (Fsp3) is 0.167. The van der Waals surface area contributed by atoms with Gasteiger partial charge in [-0.1, -0.05) is 34.5 Å². The van der Waals surface area contributed by atoms with Crippen molar-refractivity contribution in [1.82, 2.24) is 9.66 Å². The molecule has 25 heavy (non-hydrogen) atoms. The molecule has 1 N–H and O–H groups in total. The average molecular weight is 421 g/mol. The van der Waals surface area contributed by atoms with Gasteiger partial charge in [-0.3, -0.25) is 4.79 Å². The van der Waals surface area contributed by atoms with Crippen LogP contribution >= 0.6 is 27.5 Å². The third-order valence-electron chi connectivity index (χ3n) is 3.64. The Bertz CT molecular complexity index is 1030. The smallest absolute Gasteiger partial charge is 0.282 e. The van der Waals surface area contributed by atoms with Gasteiger partial charge in [0.05, 0.1) is 22.1 Å². The van der Waals surface area contributed by atoms with E-state index in [4.69, 9.17) is 11.6 Å². The first-order chi connectivity index (χ1) is 12.0. The lowest BCUT2D eigenvalue weighted by molar-refractivity contribution is 0.475. The number of benzene rings is 2. The predicted octanol–water partition coefficient (Wildman–Crippen LogP) is 4.35. The van der Waals surface area contributed by atoms with Crippen LogP contribution in [-0.2, 0) is 6.42 Å². The normalized spacial score (nSPS) is 11.5. The summed E-state index contributed by atoms with van der Waals surface area (Å²) in [6.07, 6.45) is 3.00. The molecule has 0 fully saturated rings. The Labute approximate surface area is 157 Å². The number of fused-ring (bicyclic) bond motifs is 1. The molecule has 3 rings (SSSR count). The first-order valence-electron chi connectivity index (χ1n) is 7.73. The number of aryl methyl sites for hydroxylation is 1. The molecular formula is C18H15BrClN3O2. The van der Waals surface area contributed by atoms with Crippen LogP contribution in [0.5, 0.6) is 5.75 Å². The van der Waals surface area contributed by atoms with Crippen molar-refractivity contribution in [2.24, 2.45) is 5.10 Å². The Hall–Kier alpha value is -2.18. The minimum atomic E-state index is -0.226. The molecule has 0 aliphatic heterocycles. The van der Waals surface area contributed by atoms with Crippen LogP contribution in [0, 0.1) is 0 Å². The second-order valence-corrected chi connectivity index (χ2v) is 6.83. The summed E-state index contributed by atoms with van der Waals surface area (Å²) in [6.45, 7) is 2.02. The van der Waals surface area contributed by atoms with Crippen molar-refractivity contribution >= 4 is 44.6 Å². The van der Waals surface area contributed by atoms with E-state index in [9.17, 15) is 9.90 Å². The molecule has 0 radical (unpaired) electrons. The van der Waals surface area contributed by atoms with Crippen LogP contribution in [0.4, 0.5) is 0 Å². The maximum atomic E-state index is 12.8. The molecule has 0 unspecified atom stereocenters. The number of hydrogen-bond donors (Lipinski definition) is 1. The Kier molecular flexibility index (Phi) is 5.20. The largest absolute Gasteiger partial charge is 0.506 e. The van der Waals surface area contributed by atoms with E-state index in [2.05, 4.69) is 26.0 Å². The zero-order chi connectivity index (χ0) is 18.0. The quantitative estimate of drug-likeness (QED) is 0.638. The lowest BCUT2D eigenvalue weighted by Gasteiger charge is -2.08. The van der Waals surface area contributed by atoms with Gasteiger partial charge in [0.2, 0.25) is 0 Å². The van der Waals surface area contributed by atoms with E-state index in [0.29, 0.717) is 28.7 Å². The Morgan fingerprint density at radius 2 is 2.12 bits per heavy atom. The fourth-order valence-corrected chi connectivity index (χ4v) is 2.98. The number of halogens is 2. The predicted molar refractivity (Wildman–Crippen MR) is 104 cm³/mol. The summed E-state index contributed by atoms with van der Waals surface area (Å²) in [5.41, 5.74) is 1.10. The maximum absolute atomic E-state index is 12.8. The van der Waals surface area contributed by atoms with Gasteiger partial charge in [-0.05, 0) is 48.4 Å². The lowest BCUT2D eigenvalue weighted by atomic mass is 10.2. The first kappa shape index (κ1) is 17.6. The highest BCUT2D eigenvalue weighted by molar-refractivity contribution is 9.10. The summed E-state index contributed by atoms with van der Waals surface area (Å²) in [5, 5.41) is 14.5. The van der Waals surface area contributed by atoms with Gasteiger partial charge in [0.1, 0.15) is 11.6 Å². The van der Waals surface area contributed by atoms with Crippen molar-refractivity contribution < 1.29 is 5.11 Å². The van der Waals surface area contributed by atoms with Crippen molar-refractivity contribution in [2.45, 2.75) is 19.8 Å². The molecule has 7 heteroatoms. The van der Waals surface area contributed by atoms with Gasteiger partial charge in [-0.15, -0.1) is 0 Å². The van der Waals surface area contributed by atoms with E-state index in [1.165, 1.54) is 17.0 Å². The Balaban J connectivity index is 2.14. The Morgan fingerprint density at radius 3 is 2.84 bits per heavy atom. The topological polar surface area (TPSA) is 67.5 Å². The maximum Gasteiger partial charge on any atom is 0.282 e. The number of aromatic hydroxyl groups is 1. The first-order valence-corrected chi connectivity index (χ1v) is 8.90. The van der Waals surface area contributed by atoms with E-state index in [1.54, 1.807) is 18.2 Å². The molecule has 0 atom stereocenters. The van der Waals surface area contributed by atoms with Crippen molar-refractivity contribution in [3.05, 3.63) is 67.6 Å². The minimum Gasteiger partial charge on any atom is -0.506 e. The van der Waals surface area contributed by atoms with Crippen LogP contribution in [0.2, 0.25) is 5.02 Å². The molecule has 0 amide bonds. The van der Waals surface area contributed by atoms with Crippen LogP contribution in [0.3, 0.4) is 0 Å². The van der Waals surface area contributed by atoms with Gasteiger partial charge < -0.3 is 5.11 Å². The number of phenols is 1. The third-order valence-corrected chi connectivity index (χ3v) is 4.44. The standard InChI is InChI=1S/C18H15BrClN3O2/c1-2-3-17-22-15-6-5-12(19)9-13(15)18(25)23(17)21-10-11-4-7-16(24)14(20)8-11/h4-10,24H,2-3H2,1H3. The number of rotatable bonds is 4. The summed E-state index contributed by atoms with van der Waals surface area (Å²) in [5.74, 6) is 0.600. The van der Waals surface area contributed by atoms with Gasteiger partial charge >= 0.3 is 0 Å². The summed E-state index contributed by atoms with van der Waals surface area (Å²) in [7, 11) is 0. The highest BCUT2D eigenvalue weighted by Gasteiger charge is 2.10. The van der Waals surface area contributed by atoms with Gasteiger partial charge in [0, 0.05) is 10.9 Å². The van der Waals surface area contributed by atoms with Crippen molar-refractivity contribution in [3.63, 3.8) is 0 Å². The number of phenolic OH excluding ortho intramolecular Hbond substituents is 1. The molecule has 128 valence electrons. The van der Waals surface area contributed by atoms with E-state index >= 15 is 0 Å². The lowest BCUT2D eigenvalue weighted by Crippen LogP contribution is -2.22. The summed E-state index contributed by atoms with van der Waals surface area (Å²) in [6, 6.07) is 10.1. The Morgan fingerprint density at radius 1 is 1.32 bits per heavy atom. The molecule has 3 aromatic rings. The average Bonchev–Trinajstić information content (AvgIpc) is 2.58. The van der Waals surface area contributed by atoms with E-state index in [1.807, 2.05) is 19.1 Å². The van der Waals surface area contributed by atoms with Crippen LogP contribution < -0.4 is 5.56 Å². The summed E-state index contributed by atoms with van der Waals surface area (Å²) in [4.78, 5) is 17.4. The van der Waals surface area contributed by atoms with Crippen molar-refractivity contribution in [3.8, 4) is 5.75 Å². The van der Waals surface area contributed by atoms with Crippen LogP contribution in [0.25, 0.3) is 10.9 Å². The number of hydrogen-bond acceptors (Lipinski definition) is 4. The van der Waals surface area contributed by atoms with E-state index in [0.717, 1.165) is 10.9 Å². The SMILES string of the molecule is CCCc1nc2ccc(Br)cc2c(=O)n1N=Cc1ccc(O)c(Cl)c1. The van der Waals surface area contributed by atoms with Crippen LogP contribution in [0.15, 0.2) is 50.8 Å². The second-order valence-electron chi connectivity index (χ2n) is 5.51. The summed E-state index contributed by atoms with van der Waals surface area (Å²) < 4.78 is 2.13. The zero-order valence-corrected chi connectivity index (χ0v) is 15.8. The van der Waals surface area contributed by atoms with E-state index < -0.39 is 0 Å². The molecule has 1 aromatic heterocycles. The van der Waals surface area contributed by atoms with Gasteiger partial charge in [0.25, 0.3) is 5.56 Å². The minimum absolute atomic E-state index is 0.000113. The number of aromatic nitrogens is 2. The number of nitrogens with zero attached hydrogens (tertiary/aromatic N) is 3. The van der Waals surface area contributed by atoms with Crippen molar-refractivity contribution in [2.75, 3.05) is 0 Å². The second kappa shape index (κ2) is 7.37. The van der Waals surface area contributed by atoms with Crippen molar-refractivity contribution in [1.29, 1.82) is 0 Å². The molecule has 0 aliphatic carbocycles. The molecule has 5 nitrogen and oxygen atoms in total. The molecule has 0 bridgehead atoms. The molecule has 1 heterocycles. The fourth-order valence-electron chi connectivity index (χ4n) is 2.43. The van der Waals surface area contributed by atoms with Gasteiger partial charge in [-0.2, -0.15) is 9.78 Å². The third kappa shape index (κ3) is 3.75. The highest BCUT2D eigenvalue weighted by Crippen LogP contribution is 2.23. The molecule has 0 aliphatic rings. The molecule has 2 aromatic carbocycles. The van der Waals surface area contributed by atoms with Gasteiger partial charge in [-0.25, -0.2) is 4.98 Å². The van der Waals surface area contributed by atoms with Crippen LogP contribution in [-0.4, -0.2) is 21.0 Å². The summed E-state index contributed by atoms with van der Waals surface area (Å²) >= 11 is 9.28. The highest BCUT2D eigenvalue weighted by atomic mass is 79.9. The molecule has 0 saturated carbocycles. The monoisotopic (exact) mass is 419 g/mol. The van der Waals surface area contributed by atoms with Crippen LogP contribution in [0.1, 0.15) is 24.7 Å².